The topological polar surface area (TPSA) is 49.6 Å². The summed E-state index contributed by atoms with van der Waals surface area (Å²) < 4.78 is 0. The van der Waals surface area contributed by atoms with Crippen LogP contribution in [0, 0.1) is 0 Å². The lowest BCUT2D eigenvalue weighted by atomic mass is 10.1. The molecule has 2 N–H and O–H groups in total. The van der Waals surface area contributed by atoms with Crippen LogP contribution in [0.1, 0.15) is 36.0 Å². The number of nitrogens with zero attached hydrogens (tertiary/aromatic N) is 2. The smallest absolute Gasteiger partial charge is 0.254 e. The van der Waals surface area contributed by atoms with Crippen molar-refractivity contribution in [1.29, 1.82) is 0 Å². The van der Waals surface area contributed by atoms with Crippen molar-refractivity contribution >= 4 is 11.6 Å². The van der Waals surface area contributed by atoms with Gasteiger partial charge in [-0.2, -0.15) is 0 Å². The molecule has 110 valence electrons. The highest BCUT2D eigenvalue weighted by Gasteiger charge is 2.27. The van der Waals surface area contributed by atoms with Crippen LogP contribution in [0.2, 0.25) is 0 Å². The molecule has 0 spiro atoms. The van der Waals surface area contributed by atoms with Crippen LogP contribution < -0.4 is 5.73 Å². The number of hydrogen-bond acceptors (Lipinski definition) is 3. The van der Waals surface area contributed by atoms with Crippen molar-refractivity contribution in [2.75, 3.05) is 32.9 Å². The molecule has 0 unspecified atom stereocenters. The molecule has 4 heteroatoms. The Morgan fingerprint density at radius 3 is 2.30 bits per heavy atom. The van der Waals surface area contributed by atoms with E-state index < -0.39 is 0 Å². The summed E-state index contributed by atoms with van der Waals surface area (Å²) in [6.07, 6.45) is 4.73. The third-order valence-corrected chi connectivity index (χ3v) is 3.97. The summed E-state index contributed by atoms with van der Waals surface area (Å²) in [5.41, 5.74) is 7.13. The minimum atomic E-state index is 0.138. The lowest BCUT2D eigenvalue weighted by Gasteiger charge is -2.30. The van der Waals surface area contributed by atoms with Crippen LogP contribution in [-0.4, -0.2) is 48.9 Å². The molecule has 0 aliphatic heterocycles. The number of nitrogens with two attached hydrogens (primary N) is 1. The van der Waals surface area contributed by atoms with E-state index in [4.69, 9.17) is 5.73 Å². The number of nitrogen functional groups attached to an aromatic ring is 1. The van der Waals surface area contributed by atoms with Crippen LogP contribution >= 0.6 is 0 Å². The molecule has 2 rings (SSSR count). The van der Waals surface area contributed by atoms with Crippen molar-refractivity contribution in [3.05, 3.63) is 29.8 Å². The van der Waals surface area contributed by atoms with Gasteiger partial charge in [0.1, 0.15) is 0 Å². The number of carbonyl (C=O) groups excluding carboxylic acids is 1. The van der Waals surface area contributed by atoms with E-state index in [0.717, 1.165) is 31.5 Å². The number of amides is 1. The molecule has 1 saturated carbocycles. The maximum atomic E-state index is 12.7. The molecule has 0 aromatic heterocycles. The number of rotatable bonds is 5. The third kappa shape index (κ3) is 3.73. The Labute approximate surface area is 121 Å². The summed E-state index contributed by atoms with van der Waals surface area (Å²) in [7, 11) is 4.08. The largest absolute Gasteiger partial charge is 0.399 e. The predicted molar refractivity (Wildman–Crippen MR) is 82.7 cm³/mol. The second-order valence-electron chi connectivity index (χ2n) is 5.86. The average Bonchev–Trinajstić information content (AvgIpc) is 2.93. The summed E-state index contributed by atoms with van der Waals surface area (Å²) in [5.74, 6) is 0.138. The van der Waals surface area contributed by atoms with E-state index in [0.29, 0.717) is 11.7 Å². The zero-order valence-corrected chi connectivity index (χ0v) is 12.5. The number of anilines is 1. The van der Waals surface area contributed by atoms with Crippen LogP contribution in [0.5, 0.6) is 0 Å². The Bertz CT molecular complexity index is 436. The summed E-state index contributed by atoms with van der Waals surface area (Å²) >= 11 is 0. The normalized spacial score (nSPS) is 15.8. The first-order valence-electron chi connectivity index (χ1n) is 7.39. The van der Waals surface area contributed by atoms with Gasteiger partial charge in [-0.05, 0) is 51.2 Å². The quantitative estimate of drug-likeness (QED) is 0.838. The number of carbonyl (C=O) groups is 1. The monoisotopic (exact) mass is 275 g/mol. The van der Waals surface area contributed by atoms with Crippen molar-refractivity contribution < 1.29 is 4.79 Å². The fourth-order valence-corrected chi connectivity index (χ4v) is 2.77. The van der Waals surface area contributed by atoms with Gasteiger partial charge in [-0.25, -0.2) is 0 Å². The van der Waals surface area contributed by atoms with Crippen LogP contribution in [0.3, 0.4) is 0 Å². The second kappa shape index (κ2) is 6.75. The highest BCUT2D eigenvalue weighted by Crippen LogP contribution is 2.25. The van der Waals surface area contributed by atoms with Gasteiger partial charge in [0.15, 0.2) is 0 Å². The molecule has 0 radical (unpaired) electrons. The summed E-state index contributed by atoms with van der Waals surface area (Å²) in [4.78, 5) is 16.9. The maximum absolute atomic E-state index is 12.7. The van der Waals surface area contributed by atoms with E-state index in [1.165, 1.54) is 12.8 Å². The molecule has 0 saturated heterocycles. The summed E-state index contributed by atoms with van der Waals surface area (Å²) in [6, 6.07) is 7.66. The van der Waals surface area contributed by atoms with Gasteiger partial charge in [-0.3, -0.25) is 4.79 Å². The van der Waals surface area contributed by atoms with E-state index in [-0.39, 0.29) is 5.91 Å². The highest BCUT2D eigenvalue weighted by atomic mass is 16.2. The molecular formula is C16H25N3O. The van der Waals surface area contributed by atoms with E-state index in [9.17, 15) is 4.79 Å². The first-order valence-corrected chi connectivity index (χ1v) is 7.39. The molecule has 1 aromatic carbocycles. The first-order chi connectivity index (χ1) is 9.58. The van der Waals surface area contributed by atoms with Crippen molar-refractivity contribution in [2.45, 2.75) is 31.7 Å². The van der Waals surface area contributed by atoms with Gasteiger partial charge < -0.3 is 15.5 Å². The SMILES string of the molecule is CN(C)CCN(C(=O)c1ccc(N)cc1)C1CCCC1. The van der Waals surface area contributed by atoms with Gasteiger partial charge in [0, 0.05) is 30.4 Å². The average molecular weight is 275 g/mol. The molecule has 0 heterocycles. The molecule has 1 aromatic rings. The van der Waals surface area contributed by atoms with Gasteiger partial charge >= 0.3 is 0 Å². The fraction of sp³-hybridized carbons (Fsp3) is 0.562. The molecular weight excluding hydrogens is 250 g/mol. The van der Waals surface area contributed by atoms with Gasteiger partial charge in [0.25, 0.3) is 5.91 Å². The molecule has 1 fully saturated rings. The van der Waals surface area contributed by atoms with Crippen molar-refractivity contribution in [3.63, 3.8) is 0 Å². The van der Waals surface area contributed by atoms with E-state index in [1.54, 1.807) is 12.1 Å². The molecule has 4 nitrogen and oxygen atoms in total. The Balaban J connectivity index is 2.11. The second-order valence-corrected chi connectivity index (χ2v) is 5.86. The molecule has 0 atom stereocenters. The highest BCUT2D eigenvalue weighted by molar-refractivity contribution is 5.94. The van der Waals surface area contributed by atoms with Crippen molar-refractivity contribution in [3.8, 4) is 0 Å². The maximum Gasteiger partial charge on any atom is 0.254 e. The molecule has 20 heavy (non-hydrogen) atoms. The predicted octanol–water partition coefficient (Wildman–Crippen LogP) is 2.22. The molecule has 1 aliphatic carbocycles. The molecule has 0 bridgehead atoms. The van der Waals surface area contributed by atoms with Gasteiger partial charge in [-0.1, -0.05) is 12.8 Å². The van der Waals surface area contributed by atoms with Gasteiger partial charge in [0.05, 0.1) is 0 Å². The fourth-order valence-electron chi connectivity index (χ4n) is 2.77. The Morgan fingerprint density at radius 2 is 1.75 bits per heavy atom. The van der Waals surface area contributed by atoms with Crippen molar-refractivity contribution in [2.24, 2.45) is 0 Å². The standard InChI is InChI=1S/C16H25N3O/c1-18(2)11-12-19(15-5-3-4-6-15)16(20)13-7-9-14(17)10-8-13/h7-10,15H,3-6,11-12,17H2,1-2H3. The summed E-state index contributed by atoms with van der Waals surface area (Å²) in [5, 5.41) is 0. The van der Waals surface area contributed by atoms with E-state index in [1.807, 2.05) is 26.2 Å². The lowest BCUT2D eigenvalue weighted by molar-refractivity contribution is 0.0667. The zero-order chi connectivity index (χ0) is 14.5. The van der Waals surface area contributed by atoms with E-state index >= 15 is 0 Å². The number of benzene rings is 1. The van der Waals surface area contributed by atoms with Crippen LogP contribution in [0.25, 0.3) is 0 Å². The van der Waals surface area contributed by atoms with E-state index in [2.05, 4.69) is 9.80 Å². The minimum Gasteiger partial charge on any atom is -0.399 e. The van der Waals surface area contributed by atoms with Gasteiger partial charge in [0.2, 0.25) is 0 Å². The molecule has 1 amide bonds. The Morgan fingerprint density at radius 1 is 1.15 bits per heavy atom. The first kappa shape index (κ1) is 14.9. The summed E-state index contributed by atoms with van der Waals surface area (Å²) in [6.45, 7) is 1.69. The van der Waals surface area contributed by atoms with Crippen LogP contribution in [-0.2, 0) is 0 Å². The number of likely N-dealkylation sites (N-methyl/N-ethyl adjacent to an activating group) is 1. The number of hydrogen-bond donors (Lipinski definition) is 1. The Kier molecular flexibility index (Phi) is 5.01. The lowest BCUT2D eigenvalue weighted by Crippen LogP contribution is -2.42. The Hall–Kier alpha value is -1.55. The zero-order valence-electron chi connectivity index (χ0n) is 12.5. The third-order valence-electron chi connectivity index (χ3n) is 3.97. The van der Waals surface area contributed by atoms with Crippen LogP contribution in [0.15, 0.2) is 24.3 Å². The molecule has 1 aliphatic rings. The van der Waals surface area contributed by atoms with Gasteiger partial charge in [-0.15, -0.1) is 0 Å². The minimum absolute atomic E-state index is 0.138. The van der Waals surface area contributed by atoms with Crippen LogP contribution in [0.4, 0.5) is 5.69 Å². The van der Waals surface area contributed by atoms with Crippen molar-refractivity contribution in [1.82, 2.24) is 9.80 Å².